The van der Waals surface area contributed by atoms with Crippen LogP contribution < -0.4 is 5.73 Å². The van der Waals surface area contributed by atoms with Gasteiger partial charge in [-0.1, -0.05) is 63.1 Å². The molecule has 1 nitrogen and oxygen atoms in total. The van der Waals surface area contributed by atoms with E-state index < -0.39 is 0 Å². The van der Waals surface area contributed by atoms with Crippen LogP contribution in [0.15, 0.2) is 42.5 Å². The second-order valence-corrected chi connectivity index (χ2v) is 4.71. The lowest BCUT2D eigenvalue weighted by Crippen LogP contribution is -2.20. The standard InChI is InChI=1S/C16H21N/c1-3-12(4-2)16(17)15-10-9-13-7-5-6-8-14(13)11-15/h5-12,16H,3-4,17H2,1-2H3. The Morgan fingerprint density at radius 2 is 1.59 bits per heavy atom. The maximum absolute atomic E-state index is 6.35. The average molecular weight is 227 g/mol. The molecule has 0 amide bonds. The van der Waals surface area contributed by atoms with Crippen LogP contribution in [-0.2, 0) is 0 Å². The van der Waals surface area contributed by atoms with Gasteiger partial charge in [-0.2, -0.15) is 0 Å². The van der Waals surface area contributed by atoms with E-state index in [4.69, 9.17) is 5.73 Å². The molecule has 2 rings (SSSR count). The zero-order chi connectivity index (χ0) is 12.3. The first-order valence-electron chi connectivity index (χ1n) is 6.50. The van der Waals surface area contributed by atoms with Crippen LogP contribution in [0.1, 0.15) is 38.3 Å². The molecule has 1 unspecified atom stereocenters. The van der Waals surface area contributed by atoms with Crippen molar-refractivity contribution in [1.29, 1.82) is 0 Å². The number of fused-ring (bicyclic) bond motifs is 1. The van der Waals surface area contributed by atoms with E-state index in [0.29, 0.717) is 5.92 Å². The van der Waals surface area contributed by atoms with E-state index >= 15 is 0 Å². The summed E-state index contributed by atoms with van der Waals surface area (Å²) in [6.07, 6.45) is 2.29. The molecule has 0 spiro atoms. The zero-order valence-corrected chi connectivity index (χ0v) is 10.7. The van der Waals surface area contributed by atoms with Gasteiger partial charge >= 0.3 is 0 Å². The van der Waals surface area contributed by atoms with E-state index in [1.54, 1.807) is 0 Å². The number of hydrogen-bond donors (Lipinski definition) is 1. The Morgan fingerprint density at radius 3 is 2.24 bits per heavy atom. The maximum atomic E-state index is 6.35. The predicted octanol–water partition coefficient (Wildman–Crippen LogP) is 4.28. The van der Waals surface area contributed by atoms with Gasteiger partial charge in [0.2, 0.25) is 0 Å². The van der Waals surface area contributed by atoms with Gasteiger partial charge < -0.3 is 5.73 Å². The molecule has 0 heterocycles. The Morgan fingerprint density at radius 1 is 0.941 bits per heavy atom. The summed E-state index contributed by atoms with van der Waals surface area (Å²) in [6.45, 7) is 4.43. The van der Waals surface area contributed by atoms with Crippen LogP contribution in [0.25, 0.3) is 10.8 Å². The second-order valence-electron chi connectivity index (χ2n) is 4.71. The minimum atomic E-state index is 0.162. The van der Waals surface area contributed by atoms with Crippen molar-refractivity contribution < 1.29 is 0 Å². The van der Waals surface area contributed by atoms with Crippen molar-refractivity contribution >= 4 is 10.8 Å². The normalized spacial score (nSPS) is 13.2. The van der Waals surface area contributed by atoms with Crippen molar-refractivity contribution in [2.24, 2.45) is 11.7 Å². The highest BCUT2D eigenvalue weighted by Crippen LogP contribution is 2.27. The van der Waals surface area contributed by atoms with Crippen LogP contribution in [0.4, 0.5) is 0 Å². The van der Waals surface area contributed by atoms with Crippen LogP contribution in [-0.4, -0.2) is 0 Å². The molecule has 0 aromatic heterocycles. The monoisotopic (exact) mass is 227 g/mol. The minimum Gasteiger partial charge on any atom is -0.324 e. The molecule has 0 fully saturated rings. The van der Waals surface area contributed by atoms with Crippen LogP contribution in [0.3, 0.4) is 0 Å². The molecule has 1 atom stereocenters. The van der Waals surface area contributed by atoms with Crippen molar-refractivity contribution in [3.63, 3.8) is 0 Å². The smallest absolute Gasteiger partial charge is 0.0323 e. The van der Waals surface area contributed by atoms with Crippen molar-refractivity contribution in [2.75, 3.05) is 0 Å². The van der Waals surface area contributed by atoms with Gasteiger partial charge in [0, 0.05) is 6.04 Å². The number of benzene rings is 2. The highest BCUT2D eigenvalue weighted by molar-refractivity contribution is 5.83. The first kappa shape index (κ1) is 12.1. The highest BCUT2D eigenvalue weighted by atomic mass is 14.6. The largest absolute Gasteiger partial charge is 0.324 e. The Bertz CT molecular complexity index is 486. The summed E-state index contributed by atoms with van der Waals surface area (Å²) < 4.78 is 0. The molecular formula is C16H21N. The summed E-state index contributed by atoms with van der Waals surface area (Å²) >= 11 is 0. The third-order valence-electron chi connectivity index (χ3n) is 3.72. The van der Waals surface area contributed by atoms with Crippen LogP contribution in [0, 0.1) is 5.92 Å². The van der Waals surface area contributed by atoms with Crippen molar-refractivity contribution in [1.82, 2.24) is 0 Å². The molecule has 1 heteroatoms. The first-order chi connectivity index (χ1) is 8.26. The Kier molecular flexibility index (Phi) is 3.80. The van der Waals surface area contributed by atoms with E-state index in [-0.39, 0.29) is 6.04 Å². The van der Waals surface area contributed by atoms with E-state index in [2.05, 4.69) is 56.3 Å². The topological polar surface area (TPSA) is 26.0 Å². The Hall–Kier alpha value is -1.34. The lowest BCUT2D eigenvalue weighted by Gasteiger charge is -2.21. The van der Waals surface area contributed by atoms with E-state index in [1.807, 2.05) is 0 Å². The molecule has 0 saturated carbocycles. The molecule has 0 aliphatic carbocycles. The lowest BCUT2D eigenvalue weighted by atomic mass is 9.89. The van der Waals surface area contributed by atoms with Gasteiger partial charge in [-0.25, -0.2) is 0 Å². The summed E-state index contributed by atoms with van der Waals surface area (Å²) in [5.74, 6) is 0.580. The molecule has 0 aliphatic heterocycles. The molecule has 2 aromatic rings. The van der Waals surface area contributed by atoms with E-state index in [0.717, 1.165) is 12.8 Å². The summed E-state index contributed by atoms with van der Waals surface area (Å²) in [6, 6.07) is 15.2. The first-order valence-corrected chi connectivity index (χ1v) is 6.50. The summed E-state index contributed by atoms with van der Waals surface area (Å²) in [7, 11) is 0. The Labute approximate surface area is 104 Å². The number of hydrogen-bond acceptors (Lipinski definition) is 1. The van der Waals surface area contributed by atoms with Gasteiger partial charge in [-0.3, -0.25) is 0 Å². The van der Waals surface area contributed by atoms with E-state index in [9.17, 15) is 0 Å². The molecule has 17 heavy (non-hydrogen) atoms. The van der Waals surface area contributed by atoms with Gasteiger partial charge in [-0.15, -0.1) is 0 Å². The molecule has 2 N–H and O–H groups in total. The van der Waals surface area contributed by atoms with E-state index in [1.165, 1.54) is 16.3 Å². The zero-order valence-electron chi connectivity index (χ0n) is 10.7. The number of nitrogens with two attached hydrogens (primary N) is 1. The van der Waals surface area contributed by atoms with Crippen molar-refractivity contribution in [2.45, 2.75) is 32.7 Å². The SMILES string of the molecule is CCC(CC)C(N)c1ccc2ccccc2c1. The van der Waals surface area contributed by atoms with Gasteiger partial charge in [0.1, 0.15) is 0 Å². The molecular weight excluding hydrogens is 206 g/mol. The fraction of sp³-hybridized carbons (Fsp3) is 0.375. The fourth-order valence-electron chi connectivity index (χ4n) is 2.48. The molecule has 0 bridgehead atoms. The van der Waals surface area contributed by atoms with Crippen molar-refractivity contribution in [3.8, 4) is 0 Å². The van der Waals surface area contributed by atoms with Crippen molar-refractivity contribution in [3.05, 3.63) is 48.0 Å². The van der Waals surface area contributed by atoms with Gasteiger partial charge in [0.05, 0.1) is 0 Å². The second kappa shape index (κ2) is 5.33. The number of rotatable bonds is 4. The maximum Gasteiger partial charge on any atom is 0.0323 e. The fourth-order valence-corrected chi connectivity index (χ4v) is 2.48. The van der Waals surface area contributed by atoms with Crippen LogP contribution >= 0.6 is 0 Å². The molecule has 0 radical (unpaired) electrons. The van der Waals surface area contributed by atoms with Gasteiger partial charge in [-0.05, 0) is 28.3 Å². The minimum absolute atomic E-state index is 0.162. The molecule has 90 valence electrons. The summed E-state index contributed by atoms with van der Waals surface area (Å²) in [5, 5.41) is 2.57. The third-order valence-corrected chi connectivity index (χ3v) is 3.72. The van der Waals surface area contributed by atoms with Gasteiger partial charge in [0.25, 0.3) is 0 Å². The highest BCUT2D eigenvalue weighted by Gasteiger charge is 2.15. The molecule has 0 saturated heterocycles. The van der Waals surface area contributed by atoms with Crippen LogP contribution in [0.5, 0.6) is 0 Å². The molecule has 0 aliphatic rings. The molecule has 2 aromatic carbocycles. The van der Waals surface area contributed by atoms with Crippen LogP contribution in [0.2, 0.25) is 0 Å². The summed E-state index contributed by atoms with van der Waals surface area (Å²) in [4.78, 5) is 0. The average Bonchev–Trinajstić information content (AvgIpc) is 2.39. The predicted molar refractivity (Wildman–Crippen MR) is 74.9 cm³/mol. The quantitative estimate of drug-likeness (QED) is 0.829. The van der Waals surface area contributed by atoms with Gasteiger partial charge in [0.15, 0.2) is 0 Å². The third kappa shape index (κ3) is 2.50. The lowest BCUT2D eigenvalue weighted by molar-refractivity contribution is 0.405. The Balaban J connectivity index is 2.35. The summed E-state index contributed by atoms with van der Waals surface area (Å²) in [5.41, 5.74) is 7.61.